The van der Waals surface area contributed by atoms with Crippen LogP contribution in [0.2, 0.25) is 10.0 Å². The fourth-order valence-electron chi connectivity index (χ4n) is 2.53. The van der Waals surface area contributed by atoms with Gasteiger partial charge in [-0.1, -0.05) is 23.2 Å². The molecule has 4 nitrogen and oxygen atoms in total. The Morgan fingerprint density at radius 3 is 2.08 bits per heavy atom. The van der Waals surface area contributed by atoms with Gasteiger partial charge in [0.15, 0.2) is 5.69 Å². The fraction of sp³-hybridized carbons (Fsp3) is 0.286. The van der Waals surface area contributed by atoms with Crippen LogP contribution < -0.4 is 5.73 Å². The Labute approximate surface area is 151 Å². The van der Waals surface area contributed by atoms with Crippen molar-refractivity contribution in [2.24, 2.45) is 0 Å². The molecule has 0 radical (unpaired) electrons. The summed E-state index contributed by atoms with van der Waals surface area (Å²) < 4.78 is 80.1. The first-order valence-electron chi connectivity index (χ1n) is 6.76. The normalized spacial score (nSPS) is 21.5. The minimum Gasteiger partial charge on any atom is -0.383 e. The standard InChI is InChI=1S/C14H6Cl2F6N4/c15-6-1-5(14(20,21)22)2-7(16)10(6)26-11(24)9(8(3-23)25-26)12(17)4-13(12,18)19/h1-2H,4,24H2. The summed E-state index contributed by atoms with van der Waals surface area (Å²) in [6, 6.07) is 2.47. The van der Waals surface area contributed by atoms with Crippen molar-refractivity contribution in [2.75, 3.05) is 5.73 Å². The van der Waals surface area contributed by atoms with Crippen molar-refractivity contribution in [3.8, 4) is 11.8 Å². The van der Waals surface area contributed by atoms with E-state index in [0.717, 1.165) is 0 Å². The van der Waals surface area contributed by atoms with Crippen molar-refractivity contribution in [3.63, 3.8) is 0 Å². The van der Waals surface area contributed by atoms with Crippen LogP contribution in [0.4, 0.5) is 32.2 Å². The Bertz CT molecular complexity index is 939. The molecule has 12 heteroatoms. The predicted molar refractivity (Wildman–Crippen MR) is 80.1 cm³/mol. The number of halogens is 8. The molecule has 2 aromatic rings. The maximum atomic E-state index is 14.4. The molecule has 0 spiro atoms. The van der Waals surface area contributed by atoms with Gasteiger partial charge < -0.3 is 5.73 Å². The van der Waals surface area contributed by atoms with E-state index in [1.165, 1.54) is 6.07 Å². The molecule has 0 saturated heterocycles. The van der Waals surface area contributed by atoms with Gasteiger partial charge in [-0.05, 0) is 12.1 Å². The highest BCUT2D eigenvalue weighted by Crippen LogP contribution is 2.64. The molecule has 0 aliphatic heterocycles. The molecule has 1 saturated carbocycles. The van der Waals surface area contributed by atoms with Gasteiger partial charge in [0.05, 0.1) is 27.6 Å². The number of nitrogens with zero attached hydrogens (tertiary/aromatic N) is 3. The number of alkyl halides is 6. The van der Waals surface area contributed by atoms with Crippen LogP contribution in [0.5, 0.6) is 0 Å². The second-order valence-corrected chi connectivity index (χ2v) is 6.42. The number of nitrogens with two attached hydrogens (primary N) is 1. The monoisotopic (exact) mass is 414 g/mol. The maximum Gasteiger partial charge on any atom is 0.416 e. The lowest BCUT2D eigenvalue weighted by molar-refractivity contribution is -0.137. The molecule has 1 heterocycles. The summed E-state index contributed by atoms with van der Waals surface area (Å²) in [7, 11) is 0. The molecular formula is C14H6Cl2F6N4. The zero-order valence-corrected chi connectivity index (χ0v) is 13.8. The summed E-state index contributed by atoms with van der Waals surface area (Å²) in [6.07, 6.45) is -5.94. The summed E-state index contributed by atoms with van der Waals surface area (Å²) >= 11 is 11.6. The van der Waals surface area contributed by atoms with E-state index in [9.17, 15) is 26.3 Å². The van der Waals surface area contributed by atoms with Crippen molar-refractivity contribution >= 4 is 29.0 Å². The Hall–Kier alpha value is -2.12. The second kappa shape index (κ2) is 5.44. The van der Waals surface area contributed by atoms with Gasteiger partial charge in [-0.15, -0.1) is 0 Å². The van der Waals surface area contributed by atoms with E-state index in [2.05, 4.69) is 5.10 Å². The topological polar surface area (TPSA) is 67.6 Å². The molecule has 1 aliphatic carbocycles. The van der Waals surface area contributed by atoms with Crippen LogP contribution in [0.3, 0.4) is 0 Å². The van der Waals surface area contributed by atoms with Gasteiger partial charge in [0.2, 0.25) is 5.67 Å². The number of benzene rings is 1. The van der Waals surface area contributed by atoms with Gasteiger partial charge in [-0.25, -0.2) is 17.9 Å². The van der Waals surface area contributed by atoms with Crippen LogP contribution >= 0.6 is 23.2 Å². The van der Waals surface area contributed by atoms with Crippen LogP contribution in [0.15, 0.2) is 12.1 Å². The highest BCUT2D eigenvalue weighted by molar-refractivity contribution is 6.38. The molecule has 2 N–H and O–H groups in total. The average molecular weight is 415 g/mol. The van der Waals surface area contributed by atoms with E-state index >= 15 is 0 Å². The smallest absolute Gasteiger partial charge is 0.383 e. The van der Waals surface area contributed by atoms with Gasteiger partial charge in [0.25, 0.3) is 5.92 Å². The third kappa shape index (κ3) is 2.57. The molecule has 1 fully saturated rings. The Morgan fingerprint density at radius 2 is 1.69 bits per heavy atom. The molecule has 138 valence electrons. The highest BCUT2D eigenvalue weighted by Gasteiger charge is 2.76. The number of rotatable bonds is 2. The van der Waals surface area contributed by atoms with Crippen molar-refractivity contribution in [1.29, 1.82) is 5.26 Å². The van der Waals surface area contributed by atoms with E-state index in [-0.39, 0.29) is 0 Å². The lowest BCUT2D eigenvalue weighted by Gasteiger charge is -2.13. The van der Waals surface area contributed by atoms with Crippen LogP contribution in [0.25, 0.3) is 5.69 Å². The molecule has 0 bridgehead atoms. The Balaban J connectivity index is 2.22. The Morgan fingerprint density at radius 1 is 1.19 bits per heavy atom. The zero-order valence-electron chi connectivity index (χ0n) is 12.3. The molecule has 1 aromatic carbocycles. The summed E-state index contributed by atoms with van der Waals surface area (Å²) in [6.45, 7) is 0. The molecule has 1 atom stereocenters. The third-order valence-corrected chi connectivity index (χ3v) is 4.48. The fourth-order valence-corrected chi connectivity index (χ4v) is 3.18. The quantitative estimate of drug-likeness (QED) is 0.713. The number of aromatic nitrogens is 2. The number of nitriles is 1. The highest BCUT2D eigenvalue weighted by atomic mass is 35.5. The number of nitrogen functional groups attached to an aromatic ring is 1. The van der Waals surface area contributed by atoms with Gasteiger partial charge in [0.1, 0.15) is 17.6 Å². The van der Waals surface area contributed by atoms with Crippen molar-refractivity contribution in [3.05, 3.63) is 39.0 Å². The van der Waals surface area contributed by atoms with Crippen molar-refractivity contribution in [1.82, 2.24) is 9.78 Å². The summed E-state index contributed by atoms with van der Waals surface area (Å²) in [5, 5.41) is 11.5. The molecule has 26 heavy (non-hydrogen) atoms. The summed E-state index contributed by atoms with van der Waals surface area (Å²) in [5.41, 5.74) is -0.686. The van der Waals surface area contributed by atoms with Crippen LogP contribution in [0, 0.1) is 11.3 Å². The van der Waals surface area contributed by atoms with Crippen LogP contribution in [-0.4, -0.2) is 15.7 Å². The minimum absolute atomic E-state index is 0.394. The minimum atomic E-state index is -4.75. The van der Waals surface area contributed by atoms with Gasteiger partial charge in [0, 0.05) is 0 Å². The van der Waals surface area contributed by atoms with Gasteiger partial charge >= 0.3 is 6.18 Å². The zero-order chi connectivity index (χ0) is 19.7. The van der Waals surface area contributed by atoms with Crippen molar-refractivity contribution < 1.29 is 26.3 Å². The first-order valence-corrected chi connectivity index (χ1v) is 7.51. The van der Waals surface area contributed by atoms with Crippen LogP contribution in [0.1, 0.15) is 23.2 Å². The average Bonchev–Trinajstić information content (AvgIpc) is 2.84. The molecule has 1 aromatic heterocycles. The van der Waals surface area contributed by atoms with Gasteiger partial charge in [-0.3, -0.25) is 0 Å². The maximum absolute atomic E-state index is 14.4. The number of anilines is 1. The number of hydrogen-bond acceptors (Lipinski definition) is 3. The summed E-state index contributed by atoms with van der Waals surface area (Å²) in [5.74, 6) is -4.45. The molecule has 0 amide bonds. The van der Waals surface area contributed by atoms with E-state index < -0.39 is 62.6 Å². The Kier molecular flexibility index (Phi) is 3.90. The van der Waals surface area contributed by atoms with Crippen molar-refractivity contribution in [2.45, 2.75) is 24.2 Å². The molecule has 1 unspecified atom stereocenters. The lowest BCUT2D eigenvalue weighted by atomic mass is 10.1. The largest absolute Gasteiger partial charge is 0.416 e. The first-order chi connectivity index (χ1) is 11.8. The first kappa shape index (κ1) is 18.7. The van der Waals surface area contributed by atoms with E-state index in [4.69, 9.17) is 34.2 Å². The number of hydrogen-bond donors (Lipinski definition) is 1. The SMILES string of the molecule is N#Cc1nn(-c2c(Cl)cc(C(F)(F)F)cc2Cl)c(N)c1C1(F)CC1(F)F. The van der Waals surface area contributed by atoms with E-state index in [1.54, 1.807) is 0 Å². The molecular weight excluding hydrogens is 409 g/mol. The second-order valence-electron chi connectivity index (χ2n) is 5.60. The predicted octanol–water partition coefficient (Wildman–Crippen LogP) is 4.86. The lowest BCUT2D eigenvalue weighted by Crippen LogP contribution is -2.14. The van der Waals surface area contributed by atoms with E-state index in [0.29, 0.717) is 16.8 Å². The van der Waals surface area contributed by atoms with E-state index in [1.807, 2.05) is 0 Å². The van der Waals surface area contributed by atoms with Crippen LogP contribution in [-0.2, 0) is 11.8 Å². The summed E-state index contributed by atoms with van der Waals surface area (Å²) in [4.78, 5) is 0. The third-order valence-electron chi connectivity index (χ3n) is 3.90. The van der Waals surface area contributed by atoms with Gasteiger partial charge in [-0.2, -0.15) is 23.5 Å². The molecule has 1 aliphatic rings. The molecule has 3 rings (SSSR count).